The number of hydrogen-bond donors (Lipinski definition) is 0. The zero-order valence-corrected chi connectivity index (χ0v) is 15.1. The predicted molar refractivity (Wildman–Crippen MR) is 93.3 cm³/mol. The first-order valence-corrected chi connectivity index (χ1v) is 10.1. The van der Waals surface area contributed by atoms with Crippen LogP contribution in [0, 0.1) is 17.8 Å². The average molecular weight is 319 g/mol. The van der Waals surface area contributed by atoms with Crippen molar-refractivity contribution < 1.29 is 4.52 Å². The molecule has 0 aliphatic heterocycles. The third-order valence-electron chi connectivity index (χ3n) is 6.34. The fourth-order valence-electron chi connectivity index (χ4n) is 4.95. The lowest BCUT2D eigenvalue weighted by Gasteiger charge is -2.37. The van der Waals surface area contributed by atoms with Crippen molar-refractivity contribution in [1.82, 2.24) is 10.1 Å². The maximum absolute atomic E-state index is 5.38. The van der Waals surface area contributed by atoms with Gasteiger partial charge in [-0.05, 0) is 62.7 Å². The molecule has 0 aromatic carbocycles. The molecule has 1 aromatic rings. The molecule has 0 atom stereocenters. The van der Waals surface area contributed by atoms with Crippen molar-refractivity contribution in [3.8, 4) is 0 Å². The van der Waals surface area contributed by atoms with Crippen LogP contribution in [0.2, 0.25) is 0 Å². The standard InChI is InChI=1S/C20H34N2O/c1-3-5-15-7-9-16(10-8-15)17-11-13-18(14-12-17)20-21-19(6-4-2)23-22-20/h15-18H,3-14H2,1-2H3. The van der Waals surface area contributed by atoms with E-state index in [1.807, 2.05) is 0 Å². The van der Waals surface area contributed by atoms with Gasteiger partial charge in [0.05, 0.1) is 0 Å². The van der Waals surface area contributed by atoms with Crippen molar-refractivity contribution in [2.75, 3.05) is 0 Å². The first kappa shape index (κ1) is 17.0. The Morgan fingerprint density at radius 3 is 2.13 bits per heavy atom. The van der Waals surface area contributed by atoms with Crippen LogP contribution in [-0.4, -0.2) is 10.1 Å². The van der Waals surface area contributed by atoms with Gasteiger partial charge in [0, 0.05) is 12.3 Å². The molecule has 130 valence electrons. The highest BCUT2D eigenvalue weighted by Gasteiger charge is 2.32. The fraction of sp³-hybridized carbons (Fsp3) is 0.900. The first-order valence-electron chi connectivity index (χ1n) is 10.1. The zero-order chi connectivity index (χ0) is 16.1. The van der Waals surface area contributed by atoms with Gasteiger partial charge in [-0.1, -0.05) is 44.7 Å². The van der Waals surface area contributed by atoms with Crippen LogP contribution < -0.4 is 0 Å². The Balaban J connectivity index is 1.45. The van der Waals surface area contributed by atoms with Gasteiger partial charge in [0.25, 0.3) is 0 Å². The van der Waals surface area contributed by atoms with E-state index in [9.17, 15) is 0 Å². The van der Waals surface area contributed by atoms with Crippen LogP contribution in [0.15, 0.2) is 4.52 Å². The molecule has 0 amide bonds. The molecule has 3 heteroatoms. The van der Waals surface area contributed by atoms with Gasteiger partial charge in [0.1, 0.15) is 0 Å². The molecule has 3 rings (SSSR count). The van der Waals surface area contributed by atoms with Crippen molar-refractivity contribution in [1.29, 1.82) is 0 Å². The van der Waals surface area contributed by atoms with E-state index in [2.05, 4.69) is 24.0 Å². The second-order valence-corrected chi connectivity index (χ2v) is 7.98. The van der Waals surface area contributed by atoms with Gasteiger partial charge >= 0.3 is 0 Å². The number of rotatable bonds is 6. The molecule has 0 unspecified atom stereocenters. The van der Waals surface area contributed by atoms with Crippen LogP contribution in [0.4, 0.5) is 0 Å². The summed E-state index contributed by atoms with van der Waals surface area (Å²) in [5, 5.41) is 4.24. The summed E-state index contributed by atoms with van der Waals surface area (Å²) in [5.74, 6) is 5.37. The lowest BCUT2D eigenvalue weighted by molar-refractivity contribution is 0.155. The van der Waals surface area contributed by atoms with Gasteiger partial charge in [-0.25, -0.2) is 0 Å². The molecule has 1 heterocycles. The monoisotopic (exact) mass is 318 g/mol. The Morgan fingerprint density at radius 2 is 1.52 bits per heavy atom. The fourth-order valence-corrected chi connectivity index (χ4v) is 4.95. The summed E-state index contributed by atoms with van der Waals surface area (Å²) in [6.07, 6.45) is 16.1. The van der Waals surface area contributed by atoms with Crippen LogP contribution in [0.5, 0.6) is 0 Å². The molecule has 0 saturated heterocycles. The van der Waals surface area contributed by atoms with E-state index in [-0.39, 0.29) is 0 Å². The Hall–Kier alpha value is -0.860. The smallest absolute Gasteiger partial charge is 0.226 e. The highest BCUT2D eigenvalue weighted by Crippen LogP contribution is 2.43. The van der Waals surface area contributed by atoms with Crippen molar-refractivity contribution in [3.05, 3.63) is 11.7 Å². The molecular weight excluding hydrogens is 284 g/mol. The summed E-state index contributed by atoms with van der Waals surface area (Å²) in [4.78, 5) is 4.61. The van der Waals surface area contributed by atoms with Crippen molar-refractivity contribution in [2.24, 2.45) is 17.8 Å². The van der Waals surface area contributed by atoms with E-state index in [4.69, 9.17) is 4.52 Å². The Labute approximate surface area is 141 Å². The molecule has 0 radical (unpaired) electrons. The van der Waals surface area contributed by atoms with Gasteiger partial charge in [0.2, 0.25) is 5.89 Å². The van der Waals surface area contributed by atoms with Gasteiger partial charge < -0.3 is 4.52 Å². The van der Waals surface area contributed by atoms with Gasteiger partial charge in [-0.15, -0.1) is 0 Å². The van der Waals surface area contributed by atoms with Crippen molar-refractivity contribution >= 4 is 0 Å². The summed E-state index contributed by atoms with van der Waals surface area (Å²) < 4.78 is 5.38. The minimum Gasteiger partial charge on any atom is -0.339 e. The van der Waals surface area contributed by atoms with E-state index in [0.717, 1.165) is 42.3 Å². The van der Waals surface area contributed by atoms with E-state index in [1.165, 1.54) is 64.2 Å². The summed E-state index contributed by atoms with van der Waals surface area (Å²) >= 11 is 0. The van der Waals surface area contributed by atoms with Crippen LogP contribution in [0.1, 0.15) is 102 Å². The van der Waals surface area contributed by atoms with Crippen LogP contribution >= 0.6 is 0 Å². The Morgan fingerprint density at radius 1 is 0.870 bits per heavy atom. The van der Waals surface area contributed by atoms with Gasteiger partial charge in [0.15, 0.2) is 5.82 Å². The lowest BCUT2D eigenvalue weighted by Crippen LogP contribution is -2.25. The Bertz CT molecular complexity index is 454. The van der Waals surface area contributed by atoms with Crippen LogP contribution in [0.3, 0.4) is 0 Å². The molecule has 2 aliphatic rings. The second-order valence-electron chi connectivity index (χ2n) is 7.98. The molecule has 1 aromatic heterocycles. The maximum Gasteiger partial charge on any atom is 0.226 e. The molecule has 2 saturated carbocycles. The predicted octanol–water partition coefficient (Wildman–Crippen LogP) is 5.90. The second kappa shape index (κ2) is 8.30. The SMILES string of the molecule is CCCc1nc(C2CCC(C3CCC(CCC)CC3)CC2)no1. The molecule has 0 N–H and O–H groups in total. The van der Waals surface area contributed by atoms with Crippen molar-refractivity contribution in [3.63, 3.8) is 0 Å². The molecule has 3 nitrogen and oxygen atoms in total. The molecular formula is C20H34N2O. The largest absolute Gasteiger partial charge is 0.339 e. The molecule has 23 heavy (non-hydrogen) atoms. The van der Waals surface area contributed by atoms with Gasteiger partial charge in [-0.3, -0.25) is 0 Å². The summed E-state index contributed by atoms with van der Waals surface area (Å²) in [6.45, 7) is 4.49. The highest BCUT2D eigenvalue weighted by atomic mass is 16.5. The summed E-state index contributed by atoms with van der Waals surface area (Å²) in [6, 6.07) is 0. The quantitative estimate of drug-likeness (QED) is 0.655. The number of aromatic nitrogens is 2. The van der Waals surface area contributed by atoms with E-state index in [0.29, 0.717) is 5.92 Å². The van der Waals surface area contributed by atoms with Crippen molar-refractivity contribution in [2.45, 2.75) is 96.8 Å². The normalized spacial score (nSPS) is 32.1. The van der Waals surface area contributed by atoms with Crippen LogP contribution in [-0.2, 0) is 6.42 Å². The summed E-state index contributed by atoms with van der Waals surface area (Å²) in [5.41, 5.74) is 0. The molecule has 0 spiro atoms. The summed E-state index contributed by atoms with van der Waals surface area (Å²) in [7, 11) is 0. The zero-order valence-electron chi connectivity index (χ0n) is 15.1. The number of nitrogens with zero attached hydrogens (tertiary/aromatic N) is 2. The third kappa shape index (κ3) is 4.36. The topological polar surface area (TPSA) is 38.9 Å². The maximum atomic E-state index is 5.38. The number of hydrogen-bond acceptors (Lipinski definition) is 3. The average Bonchev–Trinajstić information content (AvgIpc) is 3.05. The minimum atomic E-state index is 0.553. The van der Waals surface area contributed by atoms with E-state index in [1.54, 1.807) is 0 Å². The number of aryl methyl sites for hydroxylation is 1. The van der Waals surface area contributed by atoms with E-state index < -0.39 is 0 Å². The molecule has 2 fully saturated rings. The Kier molecular flexibility index (Phi) is 6.13. The van der Waals surface area contributed by atoms with Crippen LogP contribution in [0.25, 0.3) is 0 Å². The first-order chi connectivity index (χ1) is 11.3. The third-order valence-corrected chi connectivity index (χ3v) is 6.34. The lowest BCUT2D eigenvalue weighted by atomic mass is 9.68. The molecule has 0 bridgehead atoms. The minimum absolute atomic E-state index is 0.553. The van der Waals surface area contributed by atoms with E-state index >= 15 is 0 Å². The molecule has 2 aliphatic carbocycles. The van der Waals surface area contributed by atoms with Gasteiger partial charge in [-0.2, -0.15) is 4.98 Å². The highest BCUT2D eigenvalue weighted by molar-refractivity contribution is 4.98.